The van der Waals surface area contributed by atoms with Crippen LogP contribution in [-0.2, 0) is 11.2 Å². The van der Waals surface area contributed by atoms with Crippen LogP contribution in [0.5, 0.6) is 0 Å². The Kier molecular flexibility index (Phi) is 4.34. The van der Waals surface area contributed by atoms with Gasteiger partial charge in [0.2, 0.25) is 0 Å². The van der Waals surface area contributed by atoms with Crippen molar-refractivity contribution in [3.63, 3.8) is 0 Å². The minimum Gasteiger partial charge on any atom is -0.480 e. The standard InChI is InChI=1S/C10H12INO2/c1-12-9(10(13)14)6-7-3-2-4-8(11)5-7/h2-5,9,12H,6H2,1H3,(H,13,14)/t9-/m0/s1. The second-order valence-electron chi connectivity index (χ2n) is 3.01. The number of hydrogen-bond donors (Lipinski definition) is 2. The second-order valence-corrected chi connectivity index (χ2v) is 4.26. The fraction of sp³-hybridized carbons (Fsp3) is 0.300. The van der Waals surface area contributed by atoms with Crippen LogP contribution in [-0.4, -0.2) is 24.2 Å². The Morgan fingerprint density at radius 3 is 2.86 bits per heavy atom. The van der Waals surface area contributed by atoms with Crippen molar-refractivity contribution in [2.45, 2.75) is 12.5 Å². The van der Waals surface area contributed by atoms with Crippen LogP contribution < -0.4 is 5.32 Å². The summed E-state index contributed by atoms with van der Waals surface area (Å²) in [5, 5.41) is 11.6. The molecule has 14 heavy (non-hydrogen) atoms. The number of carboxylic acid groups (broad SMARTS) is 1. The number of halogens is 1. The second kappa shape index (κ2) is 5.31. The van der Waals surface area contributed by atoms with Gasteiger partial charge in [0.1, 0.15) is 6.04 Å². The third-order valence-corrected chi connectivity index (χ3v) is 2.65. The minimum absolute atomic E-state index is 0.506. The highest BCUT2D eigenvalue weighted by molar-refractivity contribution is 14.1. The molecule has 1 aromatic carbocycles. The molecule has 0 saturated heterocycles. The molecule has 1 aromatic rings. The number of likely N-dealkylation sites (N-methyl/N-ethyl adjacent to an activating group) is 1. The SMILES string of the molecule is CN[C@@H](Cc1cccc(I)c1)C(=O)O. The Morgan fingerprint density at radius 1 is 1.64 bits per heavy atom. The Labute approximate surface area is 96.7 Å². The number of hydrogen-bond acceptors (Lipinski definition) is 2. The first-order valence-corrected chi connectivity index (χ1v) is 5.36. The molecule has 0 aliphatic rings. The van der Waals surface area contributed by atoms with Gasteiger partial charge in [-0.3, -0.25) is 4.79 Å². The van der Waals surface area contributed by atoms with Gasteiger partial charge < -0.3 is 10.4 Å². The first-order chi connectivity index (χ1) is 6.63. The van der Waals surface area contributed by atoms with Crippen LogP contribution in [0.25, 0.3) is 0 Å². The van der Waals surface area contributed by atoms with Gasteiger partial charge >= 0.3 is 5.97 Å². The molecule has 0 saturated carbocycles. The van der Waals surface area contributed by atoms with Gasteiger partial charge in [-0.1, -0.05) is 12.1 Å². The van der Waals surface area contributed by atoms with E-state index in [0.29, 0.717) is 6.42 Å². The average Bonchev–Trinajstić information content (AvgIpc) is 2.14. The maximum Gasteiger partial charge on any atom is 0.321 e. The van der Waals surface area contributed by atoms with E-state index in [1.807, 2.05) is 24.3 Å². The lowest BCUT2D eigenvalue weighted by molar-refractivity contribution is -0.139. The molecule has 0 aliphatic carbocycles. The van der Waals surface area contributed by atoms with Gasteiger partial charge in [-0.05, 0) is 53.8 Å². The maximum atomic E-state index is 10.8. The van der Waals surface area contributed by atoms with E-state index in [1.165, 1.54) is 0 Å². The van der Waals surface area contributed by atoms with Crippen molar-refractivity contribution >= 4 is 28.6 Å². The van der Waals surface area contributed by atoms with Crippen LogP contribution >= 0.6 is 22.6 Å². The molecule has 1 rings (SSSR count). The van der Waals surface area contributed by atoms with Crippen molar-refractivity contribution in [1.29, 1.82) is 0 Å². The highest BCUT2D eigenvalue weighted by atomic mass is 127. The van der Waals surface area contributed by atoms with Gasteiger partial charge in [-0.25, -0.2) is 0 Å². The summed E-state index contributed by atoms with van der Waals surface area (Å²) in [4.78, 5) is 10.8. The van der Waals surface area contributed by atoms with Gasteiger partial charge in [0.25, 0.3) is 0 Å². The van der Waals surface area contributed by atoms with E-state index in [9.17, 15) is 4.79 Å². The molecular formula is C10H12INO2. The van der Waals surface area contributed by atoms with Gasteiger partial charge in [0.15, 0.2) is 0 Å². The summed E-state index contributed by atoms with van der Waals surface area (Å²) in [6.45, 7) is 0. The van der Waals surface area contributed by atoms with E-state index in [-0.39, 0.29) is 0 Å². The lowest BCUT2D eigenvalue weighted by atomic mass is 10.1. The summed E-state index contributed by atoms with van der Waals surface area (Å²) >= 11 is 2.21. The Bertz CT molecular complexity index is 328. The fourth-order valence-electron chi connectivity index (χ4n) is 1.21. The number of rotatable bonds is 4. The minimum atomic E-state index is -0.814. The van der Waals surface area contributed by atoms with Crippen LogP contribution in [0.3, 0.4) is 0 Å². The maximum absolute atomic E-state index is 10.8. The van der Waals surface area contributed by atoms with Crippen molar-refractivity contribution < 1.29 is 9.90 Å². The highest BCUT2D eigenvalue weighted by Crippen LogP contribution is 2.09. The van der Waals surface area contributed by atoms with E-state index in [2.05, 4.69) is 27.9 Å². The van der Waals surface area contributed by atoms with E-state index in [4.69, 9.17) is 5.11 Å². The van der Waals surface area contributed by atoms with Crippen molar-refractivity contribution in [3.8, 4) is 0 Å². The van der Waals surface area contributed by atoms with Gasteiger partial charge in [-0.15, -0.1) is 0 Å². The van der Waals surface area contributed by atoms with E-state index in [0.717, 1.165) is 9.13 Å². The molecule has 0 heterocycles. The van der Waals surface area contributed by atoms with Crippen LogP contribution in [0.1, 0.15) is 5.56 Å². The predicted octanol–water partition coefficient (Wildman–Crippen LogP) is 1.51. The predicted molar refractivity (Wildman–Crippen MR) is 63.3 cm³/mol. The molecule has 0 aromatic heterocycles. The lowest BCUT2D eigenvalue weighted by Crippen LogP contribution is -2.35. The molecule has 0 spiro atoms. The molecule has 76 valence electrons. The number of carbonyl (C=O) groups is 1. The number of carboxylic acids is 1. The Hall–Kier alpha value is -0.620. The zero-order valence-corrected chi connectivity index (χ0v) is 9.98. The third kappa shape index (κ3) is 3.26. The summed E-state index contributed by atoms with van der Waals surface area (Å²) < 4.78 is 1.13. The summed E-state index contributed by atoms with van der Waals surface area (Å²) in [6, 6.07) is 7.35. The van der Waals surface area contributed by atoms with Crippen LogP contribution in [0.15, 0.2) is 24.3 Å². The zero-order valence-electron chi connectivity index (χ0n) is 7.83. The zero-order chi connectivity index (χ0) is 10.6. The monoisotopic (exact) mass is 305 g/mol. The molecule has 4 heteroatoms. The van der Waals surface area contributed by atoms with Gasteiger partial charge in [0, 0.05) is 3.57 Å². The van der Waals surface area contributed by atoms with E-state index < -0.39 is 12.0 Å². The molecule has 0 unspecified atom stereocenters. The molecular weight excluding hydrogens is 293 g/mol. The first-order valence-electron chi connectivity index (χ1n) is 4.28. The first kappa shape index (κ1) is 11.5. The molecule has 0 radical (unpaired) electrons. The van der Waals surface area contributed by atoms with E-state index in [1.54, 1.807) is 7.05 Å². The van der Waals surface area contributed by atoms with Gasteiger partial charge in [-0.2, -0.15) is 0 Å². The normalized spacial score (nSPS) is 12.4. The average molecular weight is 305 g/mol. The molecule has 0 amide bonds. The largest absolute Gasteiger partial charge is 0.480 e. The molecule has 2 N–H and O–H groups in total. The highest BCUT2D eigenvalue weighted by Gasteiger charge is 2.14. The Balaban J connectivity index is 2.72. The molecule has 0 bridgehead atoms. The molecule has 1 atom stereocenters. The van der Waals surface area contributed by atoms with Crippen LogP contribution in [0.2, 0.25) is 0 Å². The number of benzene rings is 1. The topological polar surface area (TPSA) is 49.3 Å². The number of aliphatic carboxylic acids is 1. The van der Waals surface area contributed by atoms with Crippen LogP contribution in [0.4, 0.5) is 0 Å². The Morgan fingerprint density at radius 2 is 2.36 bits per heavy atom. The van der Waals surface area contributed by atoms with Gasteiger partial charge in [0.05, 0.1) is 0 Å². The van der Waals surface area contributed by atoms with Crippen LogP contribution in [0, 0.1) is 3.57 Å². The lowest BCUT2D eigenvalue weighted by Gasteiger charge is -2.10. The van der Waals surface area contributed by atoms with Crippen molar-refractivity contribution in [2.75, 3.05) is 7.05 Å². The third-order valence-electron chi connectivity index (χ3n) is 1.98. The van der Waals surface area contributed by atoms with Crippen molar-refractivity contribution in [2.24, 2.45) is 0 Å². The quantitative estimate of drug-likeness (QED) is 0.829. The fourth-order valence-corrected chi connectivity index (χ4v) is 1.82. The van der Waals surface area contributed by atoms with Crippen molar-refractivity contribution in [1.82, 2.24) is 5.32 Å². The number of nitrogens with one attached hydrogen (secondary N) is 1. The molecule has 3 nitrogen and oxygen atoms in total. The summed E-state index contributed by atoms with van der Waals surface area (Å²) in [7, 11) is 1.66. The summed E-state index contributed by atoms with van der Waals surface area (Å²) in [5.74, 6) is -0.814. The molecule has 0 aliphatic heterocycles. The smallest absolute Gasteiger partial charge is 0.321 e. The summed E-state index contributed by atoms with van der Waals surface area (Å²) in [5.41, 5.74) is 1.04. The summed E-state index contributed by atoms with van der Waals surface area (Å²) in [6.07, 6.45) is 0.517. The van der Waals surface area contributed by atoms with Crippen molar-refractivity contribution in [3.05, 3.63) is 33.4 Å². The van der Waals surface area contributed by atoms with E-state index >= 15 is 0 Å². The molecule has 0 fully saturated rings.